The third-order valence-corrected chi connectivity index (χ3v) is 2.78. The molecule has 4 N–H and O–H groups in total. The average Bonchev–Trinajstić information content (AvgIpc) is 2.83. The predicted molar refractivity (Wildman–Crippen MR) is 70.6 cm³/mol. The molecule has 0 aliphatic heterocycles. The highest BCUT2D eigenvalue weighted by atomic mass is 16.3. The topological polar surface area (TPSA) is 98.8 Å². The van der Waals surface area contributed by atoms with Gasteiger partial charge < -0.3 is 15.7 Å². The summed E-state index contributed by atoms with van der Waals surface area (Å²) in [6, 6.07) is 0. The molecule has 0 radical (unpaired) electrons. The van der Waals surface area contributed by atoms with E-state index < -0.39 is 6.10 Å². The van der Waals surface area contributed by atoms with Gasteiger partial charge in [0.25, 0.3) is 0 Å². The summed E-state index contributed by atoms with van der Waals surface area (Å²) in [5, 5.41) is 23.4. The van der Waals surface area contributed by atoms with E-state index in [1.807, 2.05) is 13.8 Å². The average molecular weight is 250 g/mol. The highest BCUT2D eigenvalue weighted by molar-refractivity contribution is 5.86. The van der Waals surface area contributed by atoms with E-state index in [0.717, 1.165) is 5.39 Å². The molecular formula is C11H18N6O. The van der Waals surface area contributed by atoms with Crippen molar-refractivity contribution >= 4 is 22.8 Å². The Bertz CT molecular complexity index is 523. The van der Waals surface area contributed by atoms with Crippen LogP contribution in [-0.2, 0) is 0 Å². The molecule has 0 aliphatic carbocycles. The molecule has 2 aromatic rings. The van der Waals surface area contributed by atoms with Crippen LogP contribution in [-0.4, -0.2) is 45.0 Å². The number of H-pyrrole nitrogens is 1. The fourth-order valence-electron chi connectivity index (χ4n) is 1.52. The van der Waals surface area contributed by atoms with Gasteiger partial charge in [-0.05, 0) is 5.92 Å². The molecule has 0 aromatic carbocycles. The molecule has 2 heterocycles. The number of fused-ring (bicyclic) bond motifs is 1. The zero-order valence-electron chi connectivity index (χ0n) is 10.7. The van der Waals surface area contributed by atoms with Crippen LogP contribution in [0.1, 0.15) is 13.8 Å². The normalized spacial score (nSPS) is 12.9. The Morgan fingerprint density at radius 2 is 2.17 bits per heavy atom. The van der Waals surface area contributed by atoms with E-state index in [-0.39, 0.29) is 5.92 Å². The minimum absolute atomic E-state index is 0.197. The molecule has 18 heavy (non-hydrogen) atoms. The summed E-state index contributed by atoms with van der Waals surface area (Å²) < 4.78 is 0. The van der Waals surface area contributed by atoms with E-state index in [9.17, 15) is 5.11 Å². The molecular weight excluding hydrogens is 232 g/mol. The van der Waals surface area contributed by atoms with Gasteiger partial charge in [-0.25, -0.2) is 0 Å². The summed E-state index contributed by atoms with van der Waals surface area (Å²) in [6.07, 6.45) is 1.25. The van der Waals surface area contributed by atoms with Crippen molar-refractivity contribution in [1.82, 2.24) is 20.2 Å². The maximum Gasteiger partial charge on any atom is 0.226 e. The number of aromatic nitrogens is 4. The number of aromatic amines is 1. The molecule has 0 fully saturated rings. The zero-order chi connectivity index (χ0) is 13.1. The summed E-state index contributed by atoms with van der Waals surface area (Å²) in [4.78, 5) is 8.55. The number of nitrogens with one attached hydrogen (secondary N) is 3. The summed E-state index contributed by atoms with van der Waals surface area (Å²) >= 11 is 0. The number of anilines is 2. The van der Waals surface area contributed by atoms with Gasteiger partial charge in [-0.15, -0.1) is 0 Å². The van der Waals surface area contributed by atoms with Crippen molar-refractivity contribution in [2.45, 2.75) is 20.0 Å². The molecule has 0 aliphatic rings. The summed E-state index contributed by atoms with van der Waals surface area (Å²) in [7, 11) is 1.75. The van der Waals surface area contributed by atoms with Gasteiger partial charge in [0.2, 0.25) is 5.95 Å². The summed E-state index contributed by atoms with van der Waals surface area (Å²) in [6.45, 7) is 4.38. The number of hydrogen-bond acceptors (Lipinski definition) is 6. The number of hydrogen-bond donors (Lipinski definition) is 4. The standard InChI is InChI=1S/C11H18N6O/c1-6(2)8(18)5-13-9-7-4-14-17-10(7)16-11(12-3)15-9/h4,6,8,18H,5H2,1-3H3,(H3,12,13,14,15,16,17). The number of aliphatic hydroxyl groups excluding tert-OH is 1. The first-order valence-corrected chi connectivity index (χ1v) is 5.92. The van der Waals surface area contributed by atoms with Gasteiger partial charge in [0.1, 0.15) is 5.82 Å². The van der Waals surface area contributed by atoms with Crippen molar-refractivity contribution in [3.8, 4) is 0 Å². The second-order valence-electron chi connectivity index (χ2n) is 4.47. The van der Waals surface area contributed by atoms with Crippen LogP contribution in [0.3, 0.4) is 0 Å². The first kappa shape index (κ1) is 12.6. The lowest BCUT2D eigenvalue weighted by atomic mass is 10.1. The molecule has 7 heteroatoms. The van der Waals surface area contributed by atoms with E-state index >= 15 is 0 Å². The third-order valence-electron chi connectivity index (χ3n) is 2.78. The number of aliphatic hydroxyl groups is 1. The van der Waals surface area contributed by atoms with Crippen molar-refractivity contribution in [2.24, 2.45) is 5.92 Å². The van der Waals surface area contributed by atoms with Crippen LogP contribution in [0.4, 0.5) is 11.8 Å². The highest BCUT2D eigenvalue weighted by Crippen LogP contribution is 2.19. The lowest BCUT2D eigenvalue weighted by Crippen LogP contribution is -2.25. The van der Waals surface area contributed by atoms with Gasteiger partial charge in [0.05, 0.1) is 17.7 Å². The van der Waals surface area contributed by atoms with E-state index in [1.54, 1.807) is 13.2 Å². The Labute approximate surface area is 105 Å². The van der Waals surface area contributed by atoms with E-state index in [0.29, 0.717) is 24.0 Å². The minimum atomic E-state index is -0.417. The van der Waals surface area contributed by atoms with Crippen LogP contribution < -0.4 is 10.6 Å². The van der Waals surface area contributed by atoms with Gasteiger partial charge in [-0.3, -0.25) is 5.10 Å². The highest BCUT2D eigenvalue weighted by Gasteiger charge is 2.12. The monoisotopic (exact) mass is 250 g/mol. The van der Waals surface area contributed by atoms with Gasteiger partial charge in [-0.1, -0.05) is 13.8 Å². The largest absolute Gasteiger partial charge is 0.391 e. The first-order chi connectivity index (χ1) is 8.61. The Morgan fingerprint density at radius 3 is 2.83 bits per heavy atom. The zero-order valence-corrected chi connectivity index (χ0v) is 10.7. The van der Waals surface area contributed by atoms with Crippen LogP contribution in [0, 0.1) is 5.92 Å². The second kappa shape index (κ2) is 5.18. The fourth-order valence-corrected chi connectivity index (χ4v) is 1.52. The summed E-state index contributed by atoms with van der Waals surface area (Å²) in [5.74, 6) is 1.37. The minimum Gasteiger partial charge on any atom is -0.391 e. The van der Waals surface area contributed by atoms with Gasteiger partial charge in [0, 0.05) is 13.6 Å². The van der Waals surface area contributed by atoms with E-state index in [2.05, 4.69) is 30.8 Å². The third kappa shape index (κ3) is 2.51. The molecule has 1 unspecified atom stereocenters. The number of rotatable bonds is 5. The van der Waals surface area contributed by atoms with E-state index in [4.69, 9.17) is 0 Å². The van der Waals surface area contributed by atoms with Gasteiger partial charge in [-0.2, -0.15) is 15.1 Å². The summed E-state index contributed by atoms with van der Waals surface area (Å²) in [5.41, 5.74) is 0.663. The van der Waals surface area contributed by atoms with Gasteiger partial charge in [0.15, 0.2) is 5.65 Å². The van der Waals surface area contributed by atoms with Crippen LogP contribution in [0.25, 0.3) is 11.0 Å². The van der Waals surface area contributed by atoms with Crippen LogP contribution in [0.5, 0.6) is 0 Å². The van der Waals surface area contributed by atoms with E-state index in [1.165, 1.54) is 0 Å². The molecule has 0 saturated heterocycles. The quantitative estimate of drug-likeness (QED) is 0.627. The SMILES string of the molecule is CNc1nc(NCC(O)C(C)C)c2cn[nH]c2n1. The molecule has 0 amide bonds. The molecule has 0 saturated carbocycles. The molecule has 2 aromatic heterocycles. The molecule has 0 bridgehead atoms. The van der Waals surface area contributed by atoms with Gasteiger partial charge >= 0.3 is 0 Å². The van der Waals surface area contributed by atoms with Crippen molar-refractivity contribution < 1.29 is 5.11 Å². The predicted octanol–water partition coefficient (Wildman–Crippen LogP) is 0.823. The lowest BCUT2D eigenvalue weighted by molar-refractivity contribution is 0.138. The molecule has 2 rings (SSSR count). The maximum atomic E-state index is 9.79. The van der Waals surface area contributed by atoms with Crippen molar-refractivity contribution in [3.05, 3.63) is 6.20 Å². The fraction of sp³-hybridized carbons (Fsp3) is 0.545. The van der Waals surface area contributed by atoms with Crippen LogP contribution in [0.2, 0.25) is 0 Å². The Morgan fingerprint density at radius 1 is 1.39 bits per heavy atom. The van der Waals surface area contributed by atoms with Crippen molar-refractivity contribution in [3.63, 3.8) is 0 Å². The van der Waals surface area contributed by atoms with Crippen molar-refractivity contribution in [2.75, 3.05) is 24.2 Å². The van der Waals surface area contributed by atoms with Crippen LogP contribution in [0.15, 0.2) is 6.20 Å². The first-order valence-electron chi connectivity index (χ1n) is 5.92. The Balaban J connectivity index is 2.23. The second-order valence-corrected chi connectivity index (χ2v) is 4.47. The Kier molecular flexibility index (Phi) is 3.61. The Hall–Kier alpha value is -1.89. The number of nitrogens with zero attached hydrogens (tertiary/aromatic N) is 3. The molecule has 1 atom stereocenters. The lowest BCUT2D eigenvalue weighted by Gasteiger charge is -2.16. The van der Waals surface area contributed by atoms with Crippen LogP contribution >= 0.6 is 0 Å². The smallest absolute Gasteiger partial charge is 0.226 e. The molecule has 0 spiro atoms. The maximum absolute atomic E-state index is 9.79. The molecule has 98 valence electrons. The molecule has 7 nitrogen and oxygen atoms in total. The van der Waals surface area contributed by atoms with Crippen molar-refractivity contribution in [1.29, 1.82) is 0 Å².